The van der Waals surface area contributed by atoms with Gasteiger partial charge in [-0.1, -0.05) is 84.9 Å². The van der Waals surface area contributed by atoms with Crippen LogP contribution in [0.5, 0.6) is 0 Å². The Morgan fingerprint density at radius 1 is 0.286 bits per heavy atom. The van der Waals surface area contributed by atoms with Gasteiger partial charge in [-0.2, -0.15) is 44.7 Å². The molecular formula is C73H37F3N8. The van der Waals surface area contributed by atoms with E-state index in [9.17, 15) is 44.7 Å². The van der Waals surface area contributed by atoms with Crippen molar-refractivity contribution in [2.75, 3.05) is 0 Å². The van der Waals surface area contributed by atoms with Crippen LogP contribution in [0.3, 0.4) is 0 Å². The number of hydrogen-bond donors (Lipinski definition) is 0. The van der Waals surface area contributed by atoms with Crippen LogP contribution in [0.4, 0.5) is 13.2 Å². The number of benzene rings is 11. The third-order valence-electron chi connectivity index (χ3n) is 15.5. The first-order valence-electron chi connectivity index (χ1n) is 26.5. The van der Waals surface area contributed by atoms with E-state index in [1.54, 1.807) is 36.4 Å². The molecule has 0 spiro atoms. The van der Waals surface area contributed by atoms with E-state index in [2.05, 4.69) is 63.7 Å². The largest absolute Gasteiger partial charge is 0.416 e. The molecule has 0 radical (unpaired) electrons. The zero-order valence-electron chi connectivity index (χ0n) is 44.1. The SMILES string of the molecule is N#Cc1cccc(-c2ccc3c(c2)c2cc(-c4cccc(C#N)c4)ccc2n3-c2ccc(C#N)c(-c3cc(-c4ccc(C(F)(F)F)cc4C#N)ccc3-n3c4ccc(-c5cccc(C#N)c5)cc4c4cc(-c5cccc(C#N)c5)ccc43)c2)c1. The van der Waals surface area contributed by atoms with Gasteiger partial charge < -0.3 is 9.13 Å². The smallest absolute Gasteiger partial charge is 0.309 e. The second kappa shape index (κ2) is 20.4. The summed E-state index contributed by atoms with van der Waals surface area (Å²) in [6, 6.07) is 81.6. The molecule has 2 heterocycles. The zero-order chi connectivity index (χ0) is 57.8. The van der Waals surface area contributed by atoms with E-state index in [4.69, 9.17) is 0 Å². The second-order valence-electron chi connectivity index (χ2n) is 20.3. The maximum atomic E-state index is 14.2. The van der Waals surface area contributed by atoms with E-state index in [-0.39, 0.29) is 11.1 Å². The highest BCUT2D eigenvalue weighted by Crippen LogP contribution is 2.45. The van der Waals surface area contributed by atoms with Gasteiger partial charge in [0.2, 0.25) is 0 Å². The van der Waals surface area contributed by atoms with Gasteiger partial charge in [-0.05, 0) is 195 Å². The van der Waals surface area contributed by atoms with E-state index in [0.29, 0.717) is 55.9 Å². The van der Waals surface area contributed by atoms with Crippen molar-refractivity contribution in [1.29, 1.82) is 31.6 Å². The van der Waals surface area contributed by atoms with Crippen LogP contribution in [-0.4, -0.2) is 9.13 Å². The zero-order valence-corrected chi connectivity index (χ0v) is 44.1. The predicted molar refractivity (Wildman–Crippen MR) is 321 cm³/mol. The summed E-state index contributed by atoms with van der Waals surface area (Å²) in [4.78, 5) is 0. The Labute approximate surface area is 479 Å². The number of hydrogen-bond acceptors (Lipinski definition) is 6. The highest BCUT2D eigenvalue weighted by Gasteiger charge is 2.31. The van der Waals surface area contributed by atoms with Crippen molar-refractivity contribution in [2.24, 2.45) is 0 Å². The fourth-order valence-corrected chi connectivity index (χ4v) is 11.5. The molecule has 390 valence electrons. The van der Waals surface area contributed by atoms with Crippen LogP contribution in [0, 0.1) is 68.0 Å². The average molecular weight is 1080 g/mol. The summed E-state index contributed by atoms with van der Waals surface area (Å²) in [5.74, 6) is 0. The summed E-state index contributed by atoms with van der Waals surface area (Å²) in [6.07, 6.45) is -4.70. The first-order valence-corrected chi connectivity index (χ1v) is 26.5. The Balaban J connectivity index is 1.09. The number of halogens is 3. The summed E-state index contributed by atoms with van der Waals surface area (Å²) < 4.78 is 46.8. The van der Waals surface area contributed by atoms with Crippen molar-refractivity contribution in [3.63, 3.8) is 0 Å². The van der Waals surface area contributed by atoms with Gasteiger partial charge in [-0.3, -0.25) is 0 Å². The number of rotatable bonds is 8. The molecule has 0 saturated heterocycles. The second-order valence-corrected chi connectivity index (χ2v) is 20.3. The number of nitriles is 6. The topological polar surface area (TPSA) is 153 Å². The summed E-state index contributed by atoms with van der Waals surface area (Å²) in [5.41, 5.74) is 14.3. The third kappa shape index (κ3) is 8.87. The van der Waals surface area contributed by atoms with Crippen LogP contribution in [0.15, 0.2) is 224 Å². The maximum Gasteiger partial charge on any atom is 0.416 e. The van der Waals surface area contributed by atoms with E-state index >= 15 is 0 Å². The molecule has 0 fully saturated rings. The third-order valence-corrected chi connectivity index (χ3v) is 15.5. The molecule has 84 heavy (non-hydrogen) atoms. The highest BCUT2D eigenvalue weighted by atomic mass is 19.4. The fraction of sp³-hybridized carbons (Fsp3) is 0.0137. The summed E-state index contributed by atoms with van der Waals surface area (Å²) in [6.45, 7) is 0. The highest BCUT2D eigenvalue weighted by molar-refractivity contribution is 6.14. The molecule has 0 atom stereocenters. The summed E-state index contributed by atoms with van der Waals surface area (Å²) in [5, 5.41) is 64.5. The van der Waals surface area contributed by atoms with E-state index in [0.717, 1.165) is 100 Å². The molecule has 8 nitrogen and oxygen atoms in total. The number of fused-ring (bicyclic) bond motifs is 6. The van der Waals surface area contributed by atoms with Gasteiger partial charge in [0.25, 0.3) is 0 Å². The summed E-state index contributed by atoms with van der Waals surface area (Å²) >= 11 is 0. The lowest BCUT2D eigenvalue weighted by molar-refractivity contribution is -0.137. The lowest BCUT2D eigenvalue weighted by Crippen LogP contribution is -2.05. The lowest BCUT2D eigenvalue weighted by atomic mass is 9.91. The van der Waals surface area contributed by atoms with Gasteiger partial charge in [0.1, 0.15) is 0 Å². The van der Waals surface area contributed by atoms with Gasteiger partial charge in [0.15, 0.2) is 0 Å². The summed E-state index contributed by atoms with van der Waals surface area (Å²) in [7, 11) is 0. The molecule has 11 aromatic carbocycles. The van der Waals surface area contributed by atoms with Crippen LogP contribution >= 0.6 is 0 Å². The molecule has 13 rings (SSSR count). The van der Waals surface area contributed by atoms with Crippen LogP contribution in [0.2, 0.25) is 0 Å². The molecule has 2 aromatic heterocycles. The van der Waals surface area contributed by atoms with Crippen LogP contribution in [0.1, 0.15) is 38.9 Å². The average Bonchev–Trinajstić information content (AvgIpc) is 2.92. The van der Waals surface area contributed by atoms with Crippen molar-refractivity contribution in [3.8, 4) is 115 Å². The number of aromatic nitrogens is 2. The van der Waals surface area contributed by atoms with Gasteiger partial charge in [-0.25, -0.2) is 0 Å². The molecule has 0 amide bonds. The normalized spacial score (nSPS) is 11.2. The molecule has 0 aliphatic carbocycles. The molecule has 11 heteroatoms. The molecule has 0 aliphatic rings. The molecule has 0 bridgehead atoms. The number of alkyl halides is 3. The molecule has 0 unspecified atom stereocenters. The van der Waals surface area contributed by atoms with Crippen molar-refractivity contribution < 1.29 is 13.2 Å². The molecule has 13 aromatic rings. The van der Waals surface area contributed by atoms with Crippen molar-refractivity contribution >= 4 is 43.6 Å². The Morgan fingerprint density at radius 2 is 0.679 bits per heavy atom. The Bertz CT molecular complexity index is 5000. The van der Waals surface area contributed by atoms with E-state index < -0.39 is 11.7 Å². The maximum absolute atomic E-state index is 14.2. The van der Waals surface area contributed by atoms with Crippen LogP contribution < -0.4 is 0 Å². The van der Waals surface area contributed by atoms with E-state index in [1.807, 2.05) is 152 Å². The molecule has 0 aliphatic heterocycles. The van der Waals surface area contributed by atoms with Crippen molar-refractivity contribution in [2.45, 2.75) is 6.18 Å². The first-order chi connectivity index (χ1) is 40.9. The fourth-order valence-electron chi connectivity index (χ4n) is 11.5. The van der Waals surface area contributed by atoms with Gasteiger partial charge in [-0.15, -0.1) is 0 Å². The van der Waals surface area contributed by atoms with Gasteiger partial charge in [0, 0.05) is 38.4 Å². The Hall–Kier alpha value is -12.3. The quantitative estimate of drug-likeness (QED) is 0.148. The monoisotopic (exact) mass is 1080 g/mol. The minimum Gasteiger partial charge on any atom is -0.309 e. The molecule has 0 N–H and O–H groups in total. The van der Waals surface area contributed by atoms with Crippen LogP contribution in [0.25, 0.3) is 122 Å². The minimum atomic E-state index is -4.70. The van der Waals surface area contributed by atoms with E-state index in [1.165, 1.54) is 6.07 Å². The van der Waals surface area contributed by atoms with Crippen molar-refractivity contribution in [1.82, 2.24) is 9.13 Å². The first kappa shape index (κ1) is 51.2. The molecule has 0 saturated carbocycles. The lowest BCUT2D eigenvalue weighted by Gasteiger charge is -2.19. The van der Waals surface area contributed by atoms with Gasteiger partial charge in [0.05, 0.1) is 103 Å². The van der Waals surface area contributed by atoms with Crippen molar-refractivity contribution in [3.05, 3.63) is 263 Å². The predicted octanol–water partition coefficient (Wildman–Crippen LogP) is 18.1. The molecular weight excluding hydrogens is 1050 g/mol. The Morgan fingerprint density at radius 3 is 1.07 bits per heavy atom. The standard InChI is InChI=1S/C73H37F3N8/c74-73(75,76)59-19-21-61(58(31-59)43-82)56-18-26-70(84-71-24-16-54(50-11-3-7-46(29-50)40-79)34-66(71)67-35-55(17-25-72(67)84)51-12-4-8-47(30-51)41-80)63(36-56)62-37-60(20-13-57(62)42-81)83-68-22-14-52(48-9-1-5-44(27-48)38-77)32-64(68)65-33-53(15-23-69(65)83)49-10-2-6-45(28-49)39-78/h1-37H. The number of nitrogens with zero attached hydrogens (tertiary/aromatic N) is 8. The van der Waals surface area contributed by atoms with Crippen LogP contribution in [-0.2, 0) is 6.18 Å². The Kier molecular flexibility index (Phi) is 12.5. The minimum absolute atomic E-state index is 0.182. The van der Waals surface area contributed by atoms with Gasteiger partial charge >= 0.3 is 6.18 Å².